The van der Waals surface area contributed by atoms with Gasteiger partial charge in [0.1, 0.15) is 5.82 Å². The van der Waals surface area contributed by atoms with Gasteiger partial charge in [-0.15, -0.1) is 0 Å². The lowest BCUT2D eigenvalue weighted by atomic mass is 10.1. The van der Waals surface area contributed by atoms with Gasteiger partial charge in [-0.2, -0.15) is 0 Å². The molecule has 1 aromatic rings. The molecular formula is C17H21FN2O3. The van der Waals surface area contributed by atoms with Crippen LogP contribution in [0.25, 0.3) is 0 Å². The van der Waals surface area contributed by atoms with E-state index in [1.807, 2.05) is 0 Å². The minimum atomic E-state index is -0.600. The highest BCUT2D eigenvalue weighted by molar-refractivity contribution is 6.35. The van der Waals surface area contributed by atoms with Crippen molar-refractivity contribution < 1.29 is 19.1 Å². The van der Waals surface area contributed by atoms with Crippen molar-refractivity contribution >= 4 is 11.8 Å². The monoisotopic (exact) mass is 320 g/mol. The molecule has 0 aromatic heterocycles. The van der Waals surface area contributed by atoms with Crippen LogP contribution in [-0.2, 0) is 16.0 Å². The molecular weight excluding hydrogens is 299 g/mol. The summed E-state index contributed by atoms with van der Waals surface area (Å²) in [5.74, 6) is -1.12. The van der Waals surface area contributed by atoms with Crippen molar-refractivity contribution in [3.8, 4) is 0 Å². The maximum atomic E-state index is 13.2. The first kappa shape index (κ1) is 15.9. The highest BCUT2D eigenvalue weighted by Gasteiger charge is 2.32. The first-order valence-corrected chi connectivity index (χ1v) is 8.07. The van der Waals surface area contributed by atoms with E-state index < -0.39 is 11.8 Å². The standard InChI is InChI=1S/C17H21FN2O3/c18-13-2-3-14-12(9-13)1-4-15(14)19-16(22)17(23)20-7-5-11(10-20)6-8-21/h2-3,9,11,15,21H,1,4-8,10H2,(H,19,22)/t11-,15-/m0/s1. The molecule has 1 heterocycles. The summed E-state index contributed by atoms with van der Waals surface area (Å²) < 4.78 is 13.2. The summed E-state index contributed by atoms with van der Waals surface area (Å²) in [7, 11) is 0. The molecule has 1 aromatic carbocycles. The molecule has 6 heteroatoms. The average molecular weight is 320 g/mol. The van der Waals surface area contributed by atoms with Crippen molar-refractivity contribution in [1.29, 1.82) is 0 Å². The largest absolute Gasteiger partial charge is 0.396 e. The number of likely N-dealkylation sites (tertiary alicyclic amines) is 1. The molecule has 0 unspecified atom stereocenters. The van der Waals surface area contributed by atoms with E-state index in [0.29, 0.717) is 32.4 Å². The Morgan fingerprint density at radius 3 is 2.96 bits per heavy atom. The van der Waals surface area contributed by atoms with Crippen LogP contribution in [0, 0.1) is 11.7 Å². The number of carbonyl (C=O) groups excluding carboxylic acids is 2. The van der Waals surface area contributed by atoms with Crippen LogP contribution >= 0.6 is 0 Å². The molecule has 2 atom stereocenters. The Kier molecular flexibility index (Phi) is 4.61. The van der Waals surface area contributed by atoms with E-state index in [4.69, 9.17) is 5.11 Å². The molecule has 124 valence electrons. The average Bonchev–Trinajstić information content (AvgIpc) is 3.14. The number of nitrogens with one attached hydrogen (secondary N) is 1. The zero-order valence-corrected chi connectivity index (χ0v) is 12.9. The van der Waals surface area contributed by atoms with Crippen molar-refractivity contribution in [3.05, 3.63) is 35.1 Å². The van der Waals surface area contributed by atoms with E-state index in [2.05, 4.69) is 5.32 Å². The van der Waals surface area contributed by atoms with Gasteiger partial charge < -0.3 is 15.3 Å². The van der Waals surface area contributed by atoms with E-state index in [0.717, 1.165) is 17.5 Å². The minimum Gasteiger partial charge on any atom is -0.396 e. The Morgan fingerprint density at radius 1 is 1.35 bits per heavy atom. The Hall–Kier alpha value is -1.95. The van der Waals surface area contributed by atoms with Gasteiger partial charge in [0.05, 0.1) is 6.04 Å². The van der Waals surface area contributed by atoms with Crippen LogP contribution in [-0.4, -0.2) is 41.5 Å². The minimum absolute atomic E-state index is 0.105. The number of nitrogens with zero attached hydrogens (tertiary/aromatic N) is 1. The molecule has 1 aliphatic carbocycles. The Labute approximate surface area is 134 Å². The van der Waals surface area contributed by atoms with Crippen LogP contribution in [0.3, 0.4) is 0 Å². The number of aliphatic hydroxyl groups excluding tert-OH is 1. The molecule has 0 spiro atoms. The van der Waals surface area contributed by atoms with Crippen LogP contribution in [0.15, 0.2) is 18.2 Å². The Morgan fingerprint density at radius 2 is 2.17 bits per heavy atom. The maximum Gasteiger partial charge on any atom is 0.311 e. The lowest BCUT2D eigenvalue weighted by Crippen LogP contribution is -2.43. The number of halogens is 1. The fourth-order valence-corrected chi connectivity index (χ4v) is 3.53. The molecule has 3 rings (SSSR count). The second-order valence-electron chi connectivity index (χ2n) is 6.33. The van der Waals surface area contributed by atoms with Crippen LogP contribution in [0.2, 0.25) is 0 Å². The molecule has 0 radical (unpaired) electrons. The topological polar surface area (TPSA) is 69.6 Å². The van der Waals surface area contributed by atoms with Crippen molar-refractivity contribution in [2.45, 2.75) is 31.7 Å². The number of fused-ring (bicyclic) bond motifs is 1. The van der Waals surface area contributed by atoms with Crippen LogP contribution in [0.4, 0.5) is 4.39 Å². The number of carbonyl (C=O) groups is 2. The summed E-state index contributed by atoms with van der Waals surface area (Å²) in [6.45, 7) is 1.19. The molecule has 2 aliphatic rings. The third-order valence-electron chi connectivity index (χ3n) is 4.79. The fraction of sp³-hybridized carbons (Fsp3) is 0.529. The van der Waals surface area contributed by atoms with Gasteiger partial charge in [0.2, 0.25) is 0 Å². The molecule has 23 heavy (non-hydrogen) atoms. The summed E-state index contributed by atoms with van der Waals surface area (Å²) in [5, 5.41) is 11.7. The molecule has 0 bridgehead atoms. The third-order valence-corrected chi connectivity index (χ3v) is 4.79. The molecule has 1 saturated heterocycles. The lowest BCUT2D eigenvalue weighted by Gasteiger charge is -2.18. The van der Waals surface area contributed by atoms with Gasteiger partial charge in [0.15, 0.2) is 0 Å². The number of rotatable bonds is 3. The quantitative estimate of drug-likeness (QED) is 0.821. The van der Waals surface area contributed by atoms with E-state index in [1.165, 1.54) is 12.1 Å². The van der Waals surface area contributed by atoms with E-state index >= 15 is 0 Å². The first-order chi connectivity index (χ1) is 11.1. The highest BCUT2D eigenvalue weighted by Crippen LogP contribution is 2.31. The highest BCUT2D eigenvalue weighted by atomic mass is 19.1. The van der Waals surface area contributed by atoms with Gasteiger partial charge in [-0.25, -0.2) is 4.39 Å². The zero-order valence-electron chi connectivity index (χ0n) is 12.9. The predicted octanol–water partition coefficient (Wildman–Crippen LogP) is 1.16. The third kappa shape index (κ3) is 3.37. The van der Waals surface area contributed by atoms with Gasteiger partial charge in [0, 0.05) is 19.7 Å². The molecule has 1 fully saturated rings. The number of hydrogen-bond acceptors (Lipinski definition) is 3. The van der Waals surface area contributed by atoms with Gasteiger partial charge in [-0.05, 0) is 54.9 Å². The summed E-state index contributed by atoms with van der Waals surface area (Å²) in [6.07, 6.45) is 2.87. The smallest absolute Gasteiger partial charge is 0.311 e. The van der Waals surface area contributed by atoms with E-state index in [1.54, 1.807) is 11.0 Å². The van der Waals surface area contributed by atoms with Crippen LogP contribution < -0.4 is 5.32 Å². The molecule has 1 aliphatic heterocycles. The second kappa shape index (κ2) is 6.66. The van der Waals surface area contributed by atoms with Crippen LogP contribution in [0.1, 0.15) is 36.4 Å². The van der Waals surface area contributed by atoms with E-state index in [9.17, 15) is 14.0 Å². The van der Waals surface area contributed by atoms with Gasteiger partial charge >= 0.3 is 11.8 Å². The van der Waals surface area contributed by atoms with Gasteiger partial charge in [0.25, 0.3) is 0 Å². The number of amides is 2. The number of benzene rings is 1. The number of aliphatic hydroxyl groups is 1. The number of aryl methyl sites for hydroxylation is 1. The van der Waals surface area contributed by atoms with E-state index in [-0.39, 0.29) is 24.4 Å². The molecule has 2 N–H and O–H groups in total. The van der Waals surface area contributed by atoms with Crippen molar-refractivity contribution in [2.24, 2.45) is 5.92 Å². The normalized spacial score (nSPS) is 23.0. The summed E-state index contributed by atoms with van der Waals surface area (Å²) >= 11 is 0. The molecule has 2 amide bonds. The van der Waals surface area contributed by atoms with Crippen molar-refractivity contribution in [1.82, 2.24) is 10.2 Å². The van der Waals surface area contributed by atoms with Crippen LogP contribution in [0.5, 0.6) is 0 Å². The fourth-order valence-electron chi connectivity index (χ4n) is 3.53. The molecule has 0 saturated carbocycles. The Balaban J connectivity index is 1.59. The zero-order chi connectivity index (χ0) is 16.4. The number of hydrogen-bond donors (Lipinski definition) is 2. The van der Waals surface area contributed by atoms with Crippen molar-refractivity contribution in [3.63, 3.8) is 0 Å². The maximum absolute atomic E-state index is 13.2. The van der Waals surface area contributed by atoms with Gasteiger partial charge in [-0.3, -0.25) is 9.59 Å². The summed E-state index contributed by atoms with van der Waals surface area (Å²) in [5.41, 5.74) is 1.79. The Bertz CT molecular complexity index is 620. The van der Waals surface area contributed by atoms with Crippen molar-refractivity contribution in [2.75, 3.05) is 19.7 Å². The molecule has 5 nitrogen and oxygen atoms in total. The second-order valence-corrected chi connectivity index (χ2v) is 6.33. The predicted molar refractivity (Wildman–Crippen MR) is 82.0 cm³/mol. The summed E-state index contributed by atoms with van der Waals surface area (Å²) in [4.78, 5) is 26.0. The SMILES string of the molecule is O=C(N[C@H]1CCc2cc(F)ccc21)C(=O)N1CC[C@@H](CCO)C1. The summed E-state index contributed by atoms with van der Waals surface area (Å²) in [6, 6.07) is 4.33. The first-order valence-electron chi connectivity index (χ1n) is 8.07. The lowest BCUT2D eigenvalue weighted by molar-refractivity contribution is -0.145. The van der Waals surface area contributed by atoms with Gasteiger partial charge in [-0.1, -0.05) is 6.07 Å².